The second-order valence-electron chi connectivity index (χ2n) is 5.05. The molecule has 0 heterocycles. The van der Waals surface area contributed by atoms with E-state index in [9.17, 15) is 0 Å². The van der Waals surface area contributed by atoms with Crippen LogP contribution in [-0.4, -0.2) is 19.3 Å². The van der Waals surface area contributed by atoms with Gasteiger partial charge in [-0.3, -0.25) is 0 Å². The smallest absolute Gasteiger partial charge is 0.119 e. The molecular weight excluding hydrogens is 236 g/mol. The van der Waals surface area contributed by atoms with E-state index in [1.807, 2.05) is 30.3 Å². The van der Waals surface area contributed by atoms with Gasteiger partial charge in [0.1, 0.15) is 12.4 Å². The van der Waals surface area contributed by atoms with Gasteiger partial charge in [0.15, 0.2) is 0 Å². The van der Waals surface area contributed by atoms with E-state index in [1.165, 1.54) is 6.42 Å². The summed E-state index contributed by atoms with van der Waals surface area (Å²) < 4.78 is 11.0. The molecule has 19 heavy (non-hydrogen) atoms. The van der Waals surface area contributed by atoms with E-state index < -0.39 is 0 Å². The summed E-state index contributed by atoms with van der Waals surface area (Å²) in [6.07, 6.45) is 2.68. The molecule has 0 saturated carbocycles. The Kier molecular flexibility index (Phi) is 11.4. The van der Waals surface area contributed by atoms with Crippen molar-refractivity contribution in [2.24, 2.45) is 5.92 Å². The Morgan fingerprint density at radius 3 is 1.95 bits per heavy atom. The minimum Gasteiger partial charge on any atom is -0.491 e. The number of benzene rings is 1. The van der Waals surface area contributed by atoms with Gasteiger partial charge in [0.25, 0.3) is 0 Å². The minimum atomic E-state index is 0.328. The summed E-state index contributed by atoms with van der Waals surface area (Å²) in [5.74, 6) is 1.79. The quantitative estimate of drug-likeness (QED) is 0.651. The molecule has 0 spiro atoms. The third kappa shape index (κ3) is 11.8. The number of rotatable bonds is 7. The normalized spacial score (nSPS) is 11.7. The van der Waals surface area contributed by atoms with Crippen molar-refractivity contribution in [3.05, 3.63) is 30.3 Å². The standard InChI is InChI=1S/C12H18O2.C5H12/c1-3-11(2)13-9-10-14-12-7-5-4-6-8-12;1-4-5(2)3/h4-8,11H,3,9-10H2,1-2H3;5H,4H2,1-3H3. The molecule has 0 radical (unpaired) electrons. The summed E-state index contributed by atoms with van der Waals surface area (Å²) in [6, 6.07) is 9.80. The van der Waals surface area contributed by atoms with Crippen molar-refractivity contribution in [1.29, 1.82) is 0 Å². The lowest BCUT2D eigenvalue weighted by Gasteiger charge is -2.11. The summed E-state index contributed by atoms with van der Waals surface area (Å²) in [4.78, 5) is 0. The monoisotopic (exact) mass is 266 g/mol. The Bertz CT molecular complexity index is 283. The summed E-state index contributed by atoms with van der Waals surface area (Å²) in [5, 5.41) is 0. The zero-order chi connectivity index (χ0) is 14.5. The van der Waals surface area contributed by atoms with Crippen LogP contribution < -0.4 is 4.74 Å². The average molecular weight is 266 g/mol. The van der Waals surface area contributed by atoms with Crippen LogP contribution in [0.5, 0.6) is 5.75 Å². The maximum atomic E-state index is 5.49. The first-order valence-electron chi connectivity index (χ1n) is 7.39. The van der Waals surface area contributed by atoms with E-state index in [1.54, 1.807) is 0 Å². The molecule has 2 nitrogen and oxygen atoms in total. The molecule has 2 heteroatoms. The third-order valence-electron chi connectivity index (χ3n) is 2.89. The lowest BCUT2D eigenvalue weighted by Crippen LogP contribution is -2.13. The van der Waals surface area contributed by atoms with Crippen molar-refractivity contribution >= 4 is 0 Å². The van der Waals surface area contributed by atoms with Gasteiger partial charge in [-0.15, -0.1) is 0 Å². The van der Waals surface area contributed by atoms with Gasteiger partial charge < -0.3 is 9.47 Å². The molecule has 0 aliphatic heterocycles. The van der Waals surface area contributed by atoms with Crippen LogP contribution in [0.1, 0.15) is 47.5 Å². The van der Waals surface area contributed by atoms with Gasteiger partial charge in [-0.25, -0.2) is 0 Å². The Balaban J connectivity index is 0.000000555. The van der Waals surface area contributed by atoms with Crippen LogP contribution in [0.2, 0.25) is 0 Å². The number of hydrogen-bond acceptors (Lipinski definition) is 2. The second kappa shape index (κ2) is 12.0. The number of hydrogen-bond donors (Lipinski definition) is 0. The summed E-state index contributed by atoms with van der Waals surface area (Å²) in [6.45, 7) is 12.1. The Morgan fingerprint density at radius 1 is 0.895 bits per heavy atom. The van der Waals surface area contributed by atoms with Crippen LogP contribution in [0.3, 0.4) is 0 Å². The van der Waals surface area contributed by atoms with Gasteiger partial charge in [0, 0.05) is 0 Å². The largest absolute Gasteiger partial charge is 0.491 e. The van der Waals surface area contributed by atoms with Gasteiger partial charge in [0.2, 0.25) is 0 Å². The molecule has 0 N–H and O–H groups in total. The Hall–Kier alpha value is -1.02. The second-order valence-corrected chi connectivity index (χ2v) is 5.05. The lowest BCUT2D eigenvalue weighted by molar-refractivity contribution is 0.0427. The van der Waals surface area contributed by atoms with E-state index in [0.29, 0.717) is 19.3 Å². The minimum absolute atomic E-state index is 0.328. The van der Waals surface area contributed by atoms with Crippen molar-refractivity contribution in [3.8, 4) is 5.75 Å². The summed E-state index contributed by atoms with van der Waals surface area (Å²) in [7, 11) is 0. The highest BCUT2D eigenvalue weighted by Gasteiger charge is 1.97. The molecule has 0 amide bonds. The first kappa shape index (κ1) is 18.0. The molecular formula is C17H30O2. The molecule has 0 saturated heterocycles. The highest BCUT2D eigenvalue weighted by molar-refractivity contribution is 5.20. The Labute approximate surface area is 119 Å². The van der Waals surface area contributed by atoms with Crippen LogP contribution in [0.15, 0.2) is 30.3 Å². The Morgan fingerprint density at radius 2 is 1.47 bits per heavy atom. The van der Waals surface area contributed by atoms with Crippen LogP contribution in [0.4, 0.5) is 0 Å². The predicted molar refractivity (Wildman–Crippen MR) is 82.8 cm³/mol. The van der Waals surface area contributed by atoms with Crippen LogP contribution in [-0.2, 0) is 4.74 Å². The highest BCUT2D eigenvalue weighted by atomic mass is 16.5. The van der Waals surface area contributed by atoms with E-state index in [2.05, 4.69) is 34.6 Å². The van der Waals surface area contributed by atoms with E-state index in [4.69, 9.17) is 9.47 Å². The fourth-order valence-corrected chi connectivity index (χ4v) is 1.04. The molecule has 0 bridgehead atoms. The van der Waals surface area contributed by atoms with Crippen LogP contribution >= 0.6 is 0 Å². The third-order valence-corrected chi connectivity index (χ3v) is 2.89. The van der Waals surface area contributed by atoms with Crippen molar-refractivity contribution in [2.45, 2.75) is 53.6 Å². The first-order valence-corrected chi connectivity index (χ1v) is 7.39. The van der Waals surface area contributed by atoms with Crippen molar-refractivity contribution in [1.82, 2.24) is 0 Å². The van der Waals surface area contributed by atoms with Crippen molar-refractivity contribution in [2.75, 3.05) is 13.2 Å². The van der Waals surface area contributed by atoms with Gasteiger partial charge in [0.05, 0.1) is 12.7 Å². The molecule has 1 rings (SSSR count). The maximum absolute atomic E-state index is 5.49. The average Bonchev–Trinajstić information content (AvgIpc) is 2.45. The fraction of sp³-hybridized carbons (Fsp3) is 0.647. The lowest BCUT2D eigenvalue weighted by atomic mass is 10.2. The molecule has 110 valence electrons. The van der Waals surface area contributed by atoms with Gasteiger partial charge in [-0.05, 0) is 31.4 Å². The van der Waals surface area contributed by atoms with E-state index in [0.717, 1.165) is 18.1 Å². The molecule has 0 aromatic heterocycles. The van der Waals surface area contributed by atoms with Crippen LogP contribution in [0, 0.1) is 5.92 Å². The van der Waals surface area contributed by atoms with Gasteiger partial charge >= 0.3 is 0 Å². The molecule has 1 unspecified atom stereocenters. The maximum Gasteiger partial charge on any atom is 0.119 e. The SMILES string of the molecule is CCC(C)C.CCC(C)OCCOc1ccccc1. The summed E-state index contributed by atoms with van der Waals surface area (Å²) >= 11 is 0. The molecule has 0 aliphatic rings. The first-order chi connectivity index (χ1) is 9.10. The van der Waals surface area contributed by atoms with Gasteiger partial charge in [-0.1, -0.05) is 52.3 Å². The van der Waals surface area contributed by atoms with Crippen molar-refractivity contribution in [3.63, 3.8) is 0 Å². The highest BCUT2D eigenvalue weighted by Crippen LogP contribution is 2.07. The predicted octanol–water partition coefficient (Wildman–Crippen LogP) is 4.93. The van der Waals surface area contributed by atoms with E-state index >= 15 is 0 Å². The molecule has 0 aliphatic carbocycles. The zero-order valence-electron chi connectivity index (χ0n) is 13.2. The van der Waals surface area contributed by atoms with Crippen LogP contribution in [0.25, 0.3) is 0 Å². The molecule has 1 aromatic rings. The molecule has 1 aromatic carbocycles. The van der Waals surface area contributed by atoms with Crippen molar-refractivity contribution < 1.29 is 9.47 Å². The van der Waals surface area contributed by atoms with E-state index in [-0.39, 0.29) is 0 Å². The topological polar surface area (TPSA) is 18.5 Å². The summed E-state index contributed by atoms with van der Waals surface area (Å²) in [5.41, 5.74) is 0. The van der Waals surface area contributed by atoms with Gasteiger partial charge in [-0.2, -0.15) is 0 Å². The fourth-order valence-electron chi connectivity index (χ4n) is 1.04. The molecule has 1 atom stereocenters. The number of ether oxygens (including phenoxy) is 2. The zero-order valence-corrected chi connectivity index (χ0v) is 13.2. The number of para-hydroxylation sites is 1. The molecule has 0 fully saturated rings.